The van der Waals surface area contributed by atoms with Crippen molar-refractivity contribution in [1.29, 1.82) is 0 Å². The Kier molecular flexibility index (Phi) is 6.73. The molecule has 0 bridgehead atoms. The van der Waals surface area contributed by atoms with Gasteiger partial charge >= 0.3 is 0 Å². The van der Waals surface area contributed by atoms with Crippen molar-refractivity contribution in [2.24, 2.45) is 7.05 Å². The fourth-order valence-electron chi connectivity index (χ4n) is 4.53. The zero-order chi connectivity index (χ0) is 24.4. The summed E-state index contributed by atoms with van der Waals surface area (Å²) in [5.41, 5.74) is 9.91. The number of nitrogens with zero attached hydrogens (tertiary/aromatic N) is 3. The minimum absolute atomic E-state index is 0.124. The summed E-state index contributed by atoms with van der Waals surface area (Å²) in [5, 5.41) is 0. The van der Waals surface area contributed by atoms with E-state index in [1.165, 1.54) is 33.4 Å². The van der Waals surface area contributed by atoms with Crippen molar-refractivity contribution in [3.8, 4) is 0 Å². The third-order valence-electron chi connectivity index (χ3n) is 7.17. The first kappa shape index (κ1) is 23.6. The van der Waals surface area contributed by atoms with Crippen molar-refractivity contribution < 1.29 is 9.21 Å². The lowest BCUT2D eigenvalue weighted by Gasteiger charge is -2.22. The van der Waals surface area contributed by atoms with E-state index in [-0.39, 0.29) is 5.91 Å². The fraction of sp³-hybridized carbons (Fsp3) is 0.310. The maximum atomic E-state index is 13.5. The second kappa shape index (κ2) is 9.72. The van der Waals surface area contributed by atoms with Gasteiger partial charge in [-0.15, -0.1) is 0 Å². The van der Waals surface area contributed by atoms with Crippen molar-refractivity contribution in [3.05, 3.63) is 111 Å². The van der Waals surface area contributed by atoms with Crippen molar-refractivity contribution in [3.63, 3.8) is 0 Å². The van der Waals surface area contributed by atoms with Crippen LogP contribution in [0.4, 0.5) is 0 Å². The standard InChI is InChI=1S/C29H33N3O2/c1-19-20(2)22(4)27(23(5)21(19)3)15-26-11-12-28(34-26)29(33)32(17-24-9-7-13-30-16-24)18-25-10-8-14-31(25)6/h7-14,16H,15,17-18H2,1-6H3. The second-order valence-electron chi connectivity index (χ2n) is 9.18. The number of hydrogen-bond acceptors (Lipinski definition) is 3. The Morgan fingerprint density at radius 3 is 2.24 bits per heavy atom. The molecule has 5 nitrogen and oxygen atoms in total. The zero-order valence-corrected chi connectivity index (χ0v) is 21.0. The summed E-state index contributed by atoms with van der Waals surface area (Å²) in [6, 6.07) is 11.6. The average Bonchev–Trinajstić information content (AvgIpc) is 3.48. The lowest BCUT2D eigenvalue weighted by atomic mass is 9.88. The largest absolute Gasteiger partial charge is 0.456 e. The third kappa shape index (κ3) is 4.69. The van der Waals surface area contributed by atoms with Crippen LogP contribution in [-0.2, 0) is 26.6 Å². The van der Waals surface area contributed by atoms with Gasteiger partial charge in [0.05, 0.1) is 6.54 Å². The fourth-order valence-corrected chi connectivity index (χ4v) is 4.53. The highest BCUT2D eigenvalue weighted by Gasteiger charge is 2.22. The molecule has 0 spiro atoms. The van der Waals surface area contributed by atoms with E-state index in [1.54, 1.807) is 18.5 Å². The van der Waals surface area contributed by atoms with Gasteiger partial charge in [0.1, 0.15) is 5.76 Å². The molecule has 4 aromatic rings. The Hall–Kier alpha value is -3.60. The number of pyridine rings is 1. The molecule has 4 rings (SSSR count). The molecule has 0 aliphatic rings. The van der Waals surface area contributed by atoms with Gasteiger partial charge in [0.15, 0.2) is 5.76 Å². The van der Waals surface area contributed by atoms with Crippen LogP contribution in [0.5, 0.6) is 0 Å². The summed E-state index contributed by atoms with van der Waals surface area (Å²) in [5.74, 6) is 1.04. The Bertz CT molecular complexity index is 1290. The lowest BCUT2D eigenvalue weighted by Crippen LogP contribution is -2.30. The normalized spacial score (nSPS) is 11.1. The molecule has 3 heterocycles. The zero-order valence-electron chi connectivity index (χ0n) is 21.0. The first-order valence-corrected chi connectivity index (χ1v) is 11.7. The minimum atomic E-state index is -0.124. The first-order valence-electron chi connectivity index (χ1n) is 11.7. The summed E-state index contributed by atoms with van der Waals surface area (Å²) < 4.78 is 8.16. The van der Waals surface area contributed by atoms with Crippen LogP contribution in [0.3, 0.4) is 0 Å². The topological polar surface area (TPSA) is 51.3 Å². The van der Waals surface area contributed by atoms with Gasteiger partial charge in [-0.05, 0) is 104 Å². The predicted octanol–water partition coefficient (Wildman–Crippen LogP) is 5.99. The Morgan fingerprint density at radius 2 is 1.62 bits per heavy atom. The summed E-state index contributed by atoms with van der Waals surface area (Å²) in [4.78, 5) is 19.6. The Balaban J connectivity index is 1.60. The van der Waals surface area contributed by atoms with Gasteiger partial charge in [0, 0.05) is 44.3 Å². The number of benzene rings is 1. The van der Waals surface area contributed by atoms with Crippen molar-refractivity contribution in [1.82, 2.24) is 14.5 Å². The molecule has 0 aliphatic carbocycles. The van der Waals surface area contributed by atoms with Crippen LogP contribution in [0, 0.1) is 34.6 Å². The molecular formula is C29H33N3O2. The van der Waals surface area contributed by atoms with Crippen molar-refractivity contribution in [2.75, 3.05) is 0 Å². The van der Waals surface area contributed by atoms with E-state index in [2.05, 4.69) is 39.6 Å². The quantitative estimate of drug-likeness (QED) is 0.344. The molecule has 0 saturated carbocycles. The smallest absolute Gasteiger partial charge is 0.290 e. The van der Waals surface area contributed by atoms with Crippen LogP contribution in [0.2, 0.25) is 0 Å². The molecular weight excluding hydrogens is 422 g/mol. The summed E-state index contributed by atoms with van der Waals surface area (Å²) >= 11 is 0. The molecule has 34 heavy (non-hydrogen) atoms. The number of aryl methyl sites for hydroxylation is 1. The van der Waals surface area contributed by atoms with E-state index in [4.69, 9.17) is 4.42 Å². The highest BCUT2D eigenvalue weighted by Crippen LogP contribution is 2.28. The number of aromatic nitrogens is 2. The van der Waals surface area contributed by atoms with Crippen LogP contribution in [0.15, 0.2) is 59.4 Å². The molecule has 1 aromatic carbocycles. The van der Waals surface area contributed by atoms with Crippen molar-refractivity contribution >= 4 is 5.91 Å². The molecule has 0 saturated heterocycles. The first-order chi connectivity index (χ1) is 16.3. The maximum absolute atomic E-state index is 13.5. The minimum Gasteiger partial charge on any atom is -0.456 e. The van der Waals surface area contributed by atoms with Crippen LogP contribution in [-0.4, -0.2) is 20.4 Å². The number of carbonyl (C=O) groups excluding carboxylic acids is 1. The van der Waals surface area contributed by atoms with E-state index < -0.39 is 0 Å². The highest BCUT2D eigenvalue weighted by molar-refractivity contribution is 5.91. The van der Waals surface area contributed by atoms with Crippen LogP contribution in [0.25, 0.3) is 0 Å². The average molecular weight is 456 g/mol. The molecule has 0 unspecified atom stereocenters. The maximum Gasteiger partial charge on any atom is 0.290 e. The summed E-state index contributed by atoms with van der Waals surface area (Å²) in [6.07, 6.45) is 6.20. The monoisotopic (exact) mass is 455 g/mol. The number of furan rings is 1. The molecule has 0 N–H and O–H groups in total. The van der Waals surface area contributed by atoms with E-state index in [0.29, 0.717) is 25.3 Å². The van der Waals surface area contributed by atoms with Crippen LogP contribution < -0.4 is 0 Å². The van der Waals surface area contributed by atoms with Crippen LogP contribution >= 0.6 is 0 Å². The highest BCUT2D eigenvalue weighted by atomic mass is 16.4. The van der Waals surface area contributed by atoms with Crippen LogP contribution in [0.1, 0.15) is 61.0 Å². The van der Waals surface area contributed by atoms with Gasteiger partial charge in [-0.2, -0.15) is 0 Å². The molecule has 1 amide bonds. The molecule has 5 heteroatoms. The molecule has 176 valence electrons. The predicted molar refractivity (Wildman–Crippen MR) is 135 cm³/mol. The van der Waals surface area contributed by atoms with Gasteiger partial charge in [0.25, 0.3) is 5.91 Å². The Morgan fingerprint density at radius 1 is 0.912 bits per heavy atom. The molecule has 0 atom stereocenters. The number of hydrogen-bond donors (Lipinski definition) is 0. The van der Waals surface area contributed by atoms with Gasteiger partial charge in [-0.3, -0.25) is 9.78 Å². The van der Waals surface area contributed by atoms with E-state index >= 15 is 0 Å². The van der Waals surface area contributed by atoms with Gasteiger partial charge in [-0.25, -0.2) is 0 Å². The molecule has 0 fully saturated rings. The SMILES string of the molecule is Cc1c(C)c(C)c(Cc2ccc(C(=O)N(Cc3cccnc3)Cc3cccn3C)o2)c(C)c1C. The number of carbonyl (C=O) groups is 1. The lowest BCUT2D eigenvalue weighted by molar-refractivity contribution is 0.0692. The number of amides is 1. The third-order valence-corrected chi connectivity index (χ3v) is 7.17. The van der Waals surface area contributed by atoms with E-state index in [0.717, 1.165) is 17.0 Å². The second-order valence-corrected chi connectivity index (χ2v) is 9.18. The molecule has 3 aromatic heterocycles. The van der Waals surface area contributed by atoms with Crippen molar-refractivity contribution in [2.45, 2.75) is 54.1 Å². The molecule has 0 radical (unpaired) electrons. The molecule has 0 aliphatic heterocycles. The van der Waals surface area contributed by atoms with Gasteiger partial charge in [0.2, 0.25) is 0 Å². The number of rotatable bonds is 7. The van der Waals surface area contributed by atoms with E-state index in [9.17, 15) is 4.79 Å². The van der Waals surface area contributed by atoms with Gasteiger partial charge < -0.3 is 13.9 Å². The van der Waals surface area contributed by atoms with E-state index in [1.807, 2.05) is 53.0 Å². The summed E-state index contributed by atoms with van der Waals surface area (Å²) in [7, 11) is 1.99. The Labute approximate surface area is 202 Å². The van der Waals surface area contributed by atoms with Gasteiger partial charge in [-0.1, -0.05) is 6.07 Å². The summed E-state index contributed by atoms with van der Waals surface area (Å²) in [6.45, 7) is 11.8.